The van der Waals surface area contributed by atoms with Gasteiger partial charge in [0.25, 0.3) is 0 Å². The van der Waals surface area contributed by atoms with Crippen molar-refractivity contribution >= 4 is 11.3 Å². The molecular weight excluding hydrogens is 202 g/mol. The van der Waals surface area contributed by atoms with Crippen LogP contribution in [0.2, 0.25) is 0 Å². The van der Waals surface area contributed by atoms with Crippen molar-refractivity contribution < 1.29 is 0 Å². The molecule has 0 unspecified atom stereocenters. The summed E-state index contributed by atoms with van der Waals surface area (Å²) in [5.41, 5.74) is 0.682. The highest BCUT2D eigenvalue weighted by Crippen LogP contribution is 2.48. The van der Waals surface area contributed by atoms with Crippen molar-refractivity contribution in [2.24, 2.45) is 5.41 Å². The topological polar surface area (TPSA) is 12.0 Å². The lowest BCUT2D eigenvalue weighted by molar-refractivity contribution is 0.421. The molecule has 1 aromatic rings. The van der Waals surface area contributed by atoms with Gasteiger partial charge in [0.05, 0.1) is 0 Å². The van der Waals surface area contributed by atoms with Crippen LogP contribution in [0.25, 0.3) is 0 Å². The summed E-state index contributed by atoms with van der Waals surface area (Å²) in [6.07, 6.45) is 5.62. The average molecular weight is 223 g/mol. The summed E-state index contributed by atoms with van der Waals surface area (Å²) < 4.78 is 0. The molecule has 1 N–H and O–H groups in total. The van der Waals surface area contributed by atoms with E-state index in [2.05, 4.69) is 31.3 Å². The predicted molar refractivity (Wildman–Crippen MR) is 67.3 cm³/mol. The third kappa shape index (κ3) is 3.05. The second kappa shape index (κ2) is 4.67. The average Bonchev–Trinajstić information content (AvgIpc) is 2.83. The molecule has 1 fully saturated rings. The van der Waals surface area contributed by atoms with Gasteiger partial charge >= 0.3 is 0 Å². The molecule has 2 heteroatoms. The minimum absolute atomic E-state index is 0.682. The van der Waals surface area contributed by atoms with Crippen LogP contribution < -0.4 is 5.32 Å². The van der Waals surface area contributed by atoms with Gasteiger partial charge in [-0.05, 0) is 43.7 Å². The van der Waals surface area contributed by atoms with Gasteiger partial charge in [0.15, 0.2) is 0 Å². The summed E-state index contributed by atoms with van der Waals surface area (Å²) in [7, 11) is 0. The summed E-state index contributed by atoms with van der Waals surface area (Å²) in [5, 5.41) is 3.61. The monoisotopic (exact) mass is 223 g/mol. The van der Waals surface area contributed by atoms with E-state index in [1.54, 1.807) is 0 Å². The fourth-order valence-corrected chi connectivity index (χ4v) is 3.11. The Hall–Kier alpha value is -0.340. The molecule has 1 aromatic heterocycles. The van der Waals surface area contributed by atoms with E-state index in [4.69, 9.17) is 0 Å². The molecule has 1 saturated carbocycles. The zero-order chi connectivity index (χ0) is 10.7. The summed E-state index contributed by atoms with van der Waals surface area (Å²) in [5.74, 6) is 0. The molecule has 0 bridgehead atoms. The quantitative estimate of drug-likeness (QED) is 0.775. The molecule has 0 saturated heterocycles. The Morgan fingerprint density at radius 2 is 2.20 bits per heavy atom. The van der Waals surface area contributed by atoms with E-state index in [-0.39, 0.29) is 0 Å². The van der Waals surface area contributed by atoms with Gasteiger partial charge in [-0.1, -0.05) is 13.3 Å². The molecule has 0 spiro atoms. The zero-order valence-corrected chi connectivity index (χ0v) is 10.6. The Morgan fingerprint density at radius 3 is 2.73 bits per heavy atom. The molecule has 84 valence electrons. The van der Waals surface area contributed by atoms with E-state index < -0.39 is 0 Å². The van der Waals surface area contributed by atoms with Crippen molar-refractivity contribution in [3.63, 3.8) is 0 Å². The number of hydrogen-bond donors (Lipinski definition) is 1. The molecule has 0 radical (unpaired) electrons. The number of nitrogens with one attached hydrogen (secondary N) is 1. The van der Waals surface area contributed by atoms with Crippen LogP contribution in [0.15, 0.2) is 12.1 Å². The molecule has 0 aliphatic heterocycles. The summed E-state index contributed by atoms with van der Waals surface area (Å²) in [4.78, 5) is 2.89. The molecule has 0 atom stereocenters. The van der Waals surface area contributed by atoms with Crippen molar-refractivity contribution in [2.45, 2.75) is 46.1 Å². The molecule has 1 aliphatic carbocycles. The van der Waals surface area contributed by atoms with E-state index in [0.29, 0.717) is 5.41 Å². The zero-order valence-electron chi connectivity index (χ0n) is 9.81. The van der Waals surface area contributed by atoms with Gasteiger partial charge in [-0.25, -0.2) is 0 Å². The molecule has 1 aliphatic rings. The molecule has 1 heterocycles. The van der Waals surface area contributed by atoms with Gasteiger partial charge < -0.3 is 5.32 Å². The predicted octanol–water partition coefficient (Wildman–Crippen LogP) is 3.73. The molecular formula is C13H21NS. The fraction of sp³-hybridized carbons (Fsp3) is 0.692. The lowest BCUT2D eigenvalue weighted by Crippen LogP contribution is -2.23. The van der Waals surface area contributed by atoms with Crippen LogP contribution in [0.4, 0.5) is 0 Å². The number of aryl methyl sites for hydroxylation is 1. The minimum atomic E-state index is 0.682. The van der Waals surface area contributed by atoms with Crippen LogP contribution in [-0.4, -0.2) is 6.54 Å². The minimum Gasteiger partial charge on any atom is -0.311 e. The SMILES string of the molecule is CCCC1(CNCc2ccc(C)s2)CC1. The maximum Gasteiger partial charge on any atom is 0.0300 e. The van der Waals surface area contributed by atoms with Crippen molar-refractivity contribution in [1.29, 1.82) is 0 Å². The van der Waals surface area contributed by atoms with E-state index in [0.717, 1.165) is 6.54 Å². The number of rotatable bonds is 6. The summed E-state index contributed by atoms with van der Waals surface area (Å²) in [6, 6.07) is 4.45. The van der Waals surface area contributed by atoms with Crippen LogP contribution in [0.1, 0.15) is 42.4 Å². The van der Waals surface area contributed by atoms with Gasteiger partial charge in [0.1, 0.15) is 0 Å². The molecule has 15 heavy (non-hydrogen) atoms. The van der Waals surface area contributed by atoms with Gasteiger partial charge in [0.2, 0.25) is 0 Å². The molecule has 2 rings (SSSR count). The highest BCUT2D eigenvalue weighted by molar-refractivity contribution is 7.11. The van der Waals surface area contributed by atoms with Crippen LogP contribution in [0.5, 0.6) is 0 Å². The first-order valence-corrected chi connectivity index (χ1v) is 6.82. The largest absolute Gasteiger partial charge is 0.311 e. The lowest BCUT2D eigenvalue weighted by Gasteiger charge is -2.14. The smallest absolute Gasteiger partial charge is 0.0300 e. The highest BCUT2D eigenvalue weighted by atomic mass is 32.1. The van der Waals surface area contributed by atoms with Crippen LogP contribution in [0.3, 0.4) is 0 Å². The third-order valence-electron chi connectivity index (χ3n) is 3.33. The molecule has 0 amide bonds. The van der Waals surface area contributed by atoms with Crippen LogP contribution in [-0.2, 0) is 6.54 Å². The normalized spacial score (nSPS) is 18.0. The van der Waals surface area contributed by atoms with Crippen LogP contribution in [0, 0.1) is 12.3 Å². The number of thiophene rings is 1. The number of hydrogen-bond acceptors (Lipinski definition) is 2. The van der Waals surface area contributed by atoms with Crippen molar-refractivity contribution in [3.8, 4) is 0 Å². The highest BCUT2D eigenvalue weighted by Gasteiger charge is 2.40. The maximum absolute atomic E-state index is 3.61. The van der Waals surface area contributed by atoms with Crippen molar-refractivity contribution in [1.82, 2.24) is 5.32 Å². The Balaban J connectivity index is 1.71. The second-order valence-electron chi connectivity index (χ2n) is 4.87. The Labute approximate surface area is 96.9 Å². The van der Waals surface area contributed by atoms with E-state index in [9.17, 15) is 0 Å². The van der Waals surface area contributed by atoms with Crippen molar-refractivity contribution in [3.05, 3.63) is 21.9 Å². The van der Waals surface area contributed by atoms with E-state index in [1.165, 1.54) is 42.0 Å². The maximum atomic E-state index is 3.61. The Kier molecular flexibility index (Phi) is 3.47. The van der Waals surface area contributed by atoms with Gasteiger partial charge in [-0.3, -0.25) is 0 Å². The Morgan fingerprint density at radius 1 is 1.40 bits per heavy atom. The van der Waals surface area contributed by atoms with E-state index >= 15 is 0 Å². The van der Waals surface area contributed by atoms with Gasteiger partial charge in [-0.2, -0.15) is 0 Å². The van der Waals surface area contributed by atoms with Crippen LogP contribution >= 0.6 is 11.3 Å². The Bertz CT molecular complexity index is 312. The standard InChI is InChI=1S/C13H21NS/c1-3-6-13(7-8-13)10-14-9-12-5-4-11(2)15-12/h4-5,14H,3,6-10H2,1-2H3. The first-order chi connectivity index (χ1) is 7.24. The molecule has 1 nitrogen and oxygen atoms in total. The molecule has 0 aromatic carbocycles. The first-order valence-electron chi connectivity index (χ1n) is 6.00. The van der Waals surface area contributed by atoms with Gasteiger partial charge in [0, 0.05) is 22.8 Å². The lowest BCUT2D eigenvalue weighted by atomic mass is 10.0. The van der Waals surface area contributed by atoms with E-state index in [1.807, 2.05) is 11.3 Å². The first kappa shape index (κ1) is 11.2. The van der Waals surface area contributed by atoms with Gasteiger partial charge in [-0.15, -0.1) is 11.3 Å². The van der Waals surface area contributed by atoms with Crippen molar-refractivity contribution in [2.75, 3.05) is 6.54 Å². The third-order valence-corrected chi connectivity index (χ3v) is 4.33. The fourth-order valence-electron chi connectivity index (χ4n) is 2.25. The summed E-state index contributed by atoms with van der Waals surface area (Å²) >= 11 is 1.91. The second-order valence-corrected chi connectivity index (χ2v) is 6.24. The summed E-state index contributed by atoms with van der Waals surface area (Å²) in [6.45, 7) is 6.75.